The minimum Gasteiger partial charge on any atom is -0.340 e. The van der Waals surface area contributed by atoms with Gasteiger partial charge in [0.05, 0.1) is 5.56 Å². The Kier molecular flexibility index (Phi) is 6.94. The number of para-hydroxylation sites is 1. The molecule has 1 heterocycles. The summed E-state index contributed by atoms with van der Waals surface area (Å²) in [5.74, 6) is 0.714. The number of hydrogen-bond donors (Lipinski definition) is 0. The van der Waals surface area contributed by atoms with Crippen molar-refractivity contribution in [2.75, 3.05) is 32.1 Å². The highest BCUT2D eigenvalue weighted by atomic mass is 19.4. The van der Waals surface area contributed by atoms with Gasteiger partial charge in [-0.3, -0.25) is 0 Å². The highest BCUT2D eigenvalue weighted by molar-refractivity contribution is 5.98. The molecule has 2 aromatic carbocycles. The van der Waals surface area contributed by atoms with Crippen LogP contribution >= 0.6 is 0 Å². The molecule has 1 aliphatic carbocycles. The van der Waals surface area contributed by atoms with Crippen molar-refractivity contribution in [2.24, 2.45) is 5.92 Å². The van der Waals surface area contributed by atoms with Crippen molar-refractivity contribution in [2.45, 2.75) is 51.1 Å². The van der Waals surface area contributed by atoms with Crippen molar-refractivity contribution in [1.29, 1.82) is 0 Å². The van der Waals surface area contributed by atoms with Crippen LogP contribution in [0.2, 0.25) is 0 Å². The molecule has 32 heavy (non-hydrogen) atoms. The molecule has 4 rings (SSSR count). The average molecular weight is 443 g/mol. The Morgan fingerprint density at radius 2 is 1.69 bits per heavy atom. The Labute approximate surface area is 189 Å². The number of halogens is 3. The zero-order valence-electron chi connectivity index (χ0n) is 19.1. The van der Waals surface area contributed by atoms with Gasteiger partial charge in [0.25, 0.3) is 0 Å². The molecule has 0 N–H and O–H groups in total. The van der Waals surface area contributed by atoms with Gasteiger partial charge in [-0.05, 0) is 62.7 Å². The van der Waals surface area contributed by atoms with Crippen LogP contribution in [0.1, 0.15) is 61.6 Å². The third-order valence-electron chi connectivity index (χ3n) is 6.80. The van der Waals surface area contributed by atoms with Crippen LogP contribution in [0.4, 0.5) is 24.5 Å². The standard InChI is InChI=1S/C27H33F3N2/c1-31(2)17-8-12-22-23-11-6-7-13-25(23)32(18-16-20-9-4-3-5-10-20)26-15-14-21(19-24(22)26)27(28,29)30/h6-7,11-15,19-20H,3-5,8-10,16-18H2,1-2H3. The van der Waals surface area contributed by atoms with Crippen LogP contribution in [0.3, 0.4) is 0 Å². The lowest BCUT2D eigenvalue weighted by Crippen LogP contribution is -2.26. The normalized spacial score (nSPS) is 18.2. The van der Waals surface area contributed by atoms with E-state index in [0.717, 1.165) is 48.4 Å². The molecule has 0 atom stereocenters. The van der Waals surface area contributed by atoms with Gasteiger partial charge in [-0.1, -0.05) is 56.4 Å². The van der Waals surface area contributed by atoms with E-state index in [9.17, 15) is 13.2 Å². The molecule has 2 aliphatic rings. The van der Waals surface area contributed by atoms with Crippen LogP contribution in [0.5, 0.6) is 0 Å². The van der Waals surface area contributed by atoms with Gasteiger partial charge in [0.15, 0.2) is 0 Å². The summed E-state index contributed by atoms with van der Waals surface area (Å²) in [6.45, 7) is 1.69. The number of hydrogen-bond acceptors (Lipinski definition) is 2. The Balaban J connectivity index is 1.75. The van der Waals surface area contributed by atoms with E-state index in [1.54, 1.807) is 6.07 Å². The summed E-state index contributed by atoms with van der Waals surface area (Å²) in [7, 11) is 4.02. The molecule has 0 saturated heterocycles. The van der Waals surface area contributed by atoms with Gasteiger partial charge in [-0.25, -0.2) is 0 Å². The Bertz CT molecular complexity index is 956. The minimum atomic E-state index is -4.35. The molecule has 0 bridgehead atoms. The second-order valence-electron chi connectivity index (χ2n) is 9.40. The number of rotatable bonds is 6. The maximum Gasteiger partial charge on any atom is 0.416 e. The fraction of sp³-hybridized carbons (Fsp3) is 0.481. The predicted molar refractivity (Wildman–Crippen MR) is 126 cm³/mol. The summed E-state index contributed by atoms with van der Waals surface area (Å²) >= 11 is 0. The maximum absolute atomic E-state index is 13.6. The van der Waals surface area contributed by atoms with E-state index in [1.165, 1.54) is 44.2 Å². The second-order valence-corrected chi connectivity index (χ2v) is 9.40. The number of fused-ring (bicyclic) bond motifs is 2. The fourth-order valence-corrected chi connectivity index (χ4v) is 5.09. The van der Waals surface area contributed by atoms with Crippen molar-refractivity contribution in [3.8, 4) is 0 Å². The van der Waals surface area contributed by atoms with E-state index >= 15 is 0 Å². The van der Waals surface area contributed by atoms with Gasteiger partial charge in [0.1, 0.15) is 0 Å². The number of nitrogens with zero attached hydrogens (tertiary/aromatic N) is 2. The van der Waals surface area contributed by atoms with Crippen LogP contribution in [0, 0.1) is 5.92 Å². The zero-order valence-corrected chi connectivity index (χ0v) is 19.1. The van der Waals surface area contributed by atoms with Gasteiger partial charge < -0.3 is 9.80 Å². The van der Waals surface area contributed by atoms with E-state index in [0.29, 0.717) is 11.5 Å². The average Bonchev–Trinajstić information content (AvgIpc) is 2.77. The van der Waals surface area contributed by atoms with Crippen LogP contribution < -0.4 is 4.90 Å². The minimum absolute atomic E-state index is 0.582. The van der Waals surface area contributed by atoms with Crippen LogP contribution in [-0.4, -0.2) is 32.1 Å². The zero-order chi connectivity index (χ0) is 22.7. The third kappa shape index (κ3) is 5.03. The Hall–Kier alpha value is -2.27. The lowest BCUT2D eigenvalue weighted by atomic mass is 9.85. The molecule has 0 unspecified atom stereocenters. The summed E-state index contributed by atoms with van der Waals surface area (Å²) in [6.07, 6.45) is 6.08. The molecule has 0 radical (unpaired) electrons. The molecule has 1 saturated carbocycles. The molecule has 0 spiro atoms. The molecular formula is C27H33F3N2. The molecule has 2 aromatic rings. The molecule has 1 aliphatic heterocycles. The quantitative estimate of drug-likeness (QED) is 0.457. The maximum atomic E-state index is 13.6. The number of alkyl halides is 3. The summed E-state index contributed by atoms with van der Waals surface area (Å²) in [5.41, 5.74) is 4.05. The van der Waals surface area contributed by atoms with Gasteiger partial charge in [-0.15, -0.1) is 0 Å². The van der Waals surface area contributed by atoms with Crippen LogP contribution in [0.15, 0.2) is 48.5 Å². The smallest absolute Gasteiger partial charge is 0.340 e. The molecular weight excluding hydrogens is 409 g/mol. The van der Waals surface area contributed by atoms with Gasteiger partial charge >= 0.3 is 6.18 Å². The first-order chi connectivity index (χ1) is 15.3. The monoisotopic (exact) mass is 442 g/mol. The molecule has 0 amide bonds. The van der Waals surface area contributed by atoms with Crippen molar-refractivity contribution in [3.05, 3.63) is 65.2 Å². The summed E-state index contributed by atoms with van der Waals surface area (Å²) in [6, 6.07) is 12.4. The van der Waals surface area contributed by atoms with Gasteiger partial charge in [0.2, 0.25) is 0 Å². The largest absolute Gasteiger partial charge is 0.416 e. The first-order valence-corrected chi connectivity index (χ1v) is 11.8. The Morgan fingerprint density at radius 3 is 2.41 bits per heavy atom. The van der Waals surface area contributed by atoms with E-state index in [-0.39, 0.29) is 0 Å². The lowest BCUT2D eigenvalue weighted by molar-refractivity contribution is -0.137. The first-order valence-electron chi connectivity index (χ1n) is 11.8. The molecule has 5 heteroatoms. The second kappa shape index (κ2) is 9.70. The summed E-state index contributed by atoms with van der Waals surface area (Å²) in [5, 5.41) is 0. The molecule has 1 fully saturated rings. The van der Waals surface area contributed by atoms with Gasteiger partial charge in [-0.2, -0.15) is 13.2 Å². The lowest BCUT2D eigenvalue weighted by Gasteiger charge is -2.36. The van der Waals surface area contributed by atoms with Gasteiger partial charge in [0, 0.05) is 35.6 Å². The van der Waals surface area contributed by atoms with Crippen LogP contribution in [0.25, 0.3) is 5.57 Å². The van der Waals surface area contributed by atoms with Crippen molar-refractivity contribution in [3.63, 3.8) is 0 Å². The summed E-state index contributed by atoms with van der Waals surface area (Å²) in [4.78, 5) is 4.35. The van der Waals surface area contributed by atoms with E-state index < -0.39 is 11.7 Å². The molecule has 172 valence electrons. The number of benzene rings is 2. The highest BCUT2D eigenvalue weighted by Crippen LogP contribution is 2.47. The van der Waals surface area contributed by atoms with Crippen molar-refractivity contribution >= 4 is 16.9 Å². The van der Waals surface area contributed by atoms with E-state index in [2.05, 4.69) is 21.9 Å². The highest BCUT2D eigenvalue weighted by Gasteiger charge is 2.34. The predicted octanol–water partition coefficient (Wildman–Crippen LogP) is 7.51. The van der Waals surface area contributed by atoms with Crippen molar-refractivity contribution < 1.29 is 13.2 Å². The topological polar surface area (TPSA) is 6.48 Å². The molecule has 2 nitrogen and oxygen atoms in total. The van der Waals surface area contributed by atoms with E-state index in [1.807, 2.05) is 32.3 Å². The fourth-order valence-electron chi connectivity index (χ4n) is 5.09. The summed E-state index contributed by atoms with van der Waals surface area (Å²) < 4.78 is 40.8. The van der Waals surface area contributed by atoms with Crippen molar-refractivity contribution in [1.82, 2.24) is 4.90 Å². The SMILES string of the molecule is CN(C)CCC=C1c2ccccc2N(CCC2CCCCC2)c2ccc(C(F)(F)F)cc21. The first kappa shape index (κ1) is 22.9. The Morgan fingerprint density at radius 1 is 0.969 bits per heavy atom. The third-order valence-corrected chi connectivity index (χ3v) is 6.80. The molecule has 0 aromatic heterocycles. The van der Waals surface area contributed by atoms with Crippen LogP contribution in [-0.2, 0) is 6.18 Å². The number of anilines is 2. The van der Waals surface area contributed by atoms with E-state index in [4.69, 9.17) is 0 Å².